The molecule has 0 unspecified atom stereocenters. The fourth-order valence-electron chi connectivity index (χ4n) is 2.75. The Bertz CT molecular complexity index is 534. The number of benzene rings is 1. The van der Waals surface area contributed by atoms with Gasteiger partial charge in [0.1, 0.15) is 0 Å². The van der Waals surface area contributed by atoms with Crippen molar-refractivity contribution in [3.8, 4) is 0 Å². The van der Waals surface area contributed by atoms with E-state index in [1.54, 1.807) is 18.2 Å². The van der Waals surface area contributed by atoms with E-state index in [9.17, 15) is 14.7 Å². The van der Waals surface area contributed by atoms with Crippen LogP contribution in [0.25, 0.3) is 0 Å². The number of carbonyl (C=O) groups excluding carboxylic acids is 1. The molecule has 0 atom stereocenters. The van der Waals surface area contributed by atoms with Crippen LogP contribution in [0.5, 0.6) is 0 Å². The number of carboxylic acid groups (broad SMARTS) is 1. The molecule has 6 heteroatoms. The normalized spacial score (nSPS) is 17.2. The van der Waals surface area contributed by atoms with Gasteiger partial charge in [0.05, 0.1) is 21.0 Å². The molecule has 1 fully saturated rings. The van der Waals surface area contributed by atoms with Gasteiger partial charge in [-0.05, 0) is 25.0 Å². The Morgan fingerprint density at radius 1 is 1.14 bits per heavy atom. The minimum atomic E-state index is -0.873. The molecule has 4 nitrogen and oxygen atoms in total. The lowest BCUT2D eigenvalue weighted by molar-refractivity contribution is -0.150. The highest BCUT2D eigenvalue weighted by Gasteiger charge is 2.40. The van der Waals surface area contributed by atoms with Crippen LogP contribution in [0.4, 0.5) is 0 Å². The van der Waals surface area contributed by atoms with Gasteiger partial charge in [-0.1, -0.05) is 48.5 Å². The van der Waals surface area contributed by atoms with Gasteiger partial charge in [0.25, 0.3) is 5.91 Å². The number of amides is 1. The first kappa shape index (κ1) is 16.1. The van der Waals surface area contributed by atoms with E-state index >= 15 is 0 Å². The third-order valence-electron chi connectivity index (χ3n) is 4.04. The first-order valence-electron chi connectivity index (χ1n) is 6.92. The van der Waals surface area contributed by atoms with Crippen LogP contribution in [0.1, 0.15) is 42.5 Å². The maximum absolute atomic E-state index is 12.2. The Labute approximate surface area is 133 Å². The summed E-state index contributed by atoms with van der Waals surface area (Å²) in [6, 6.07) is 4.81. The molecule has 1 saturated carbocycles. The molecule has 0 radical (unpaired) electrons. The molecule has 0 saturated heterocycles. The standard InChI is InChI=1S/C15H17Cl2NO3/c16-10-5-4-6-11(17)12(10)13(19)18-9-15(14(20)21)7-2-1-3-8-15/h4-6H,1-3,7-9H2,(H,18,19)(H,20,21). The van der Waals surface area contributed by atoms with Crippen LogP contribution in [0, 0.1) is 5.41 Å². The summed E-state index contributed by atoms with van der Waals surface area (Å²) in [5, 5.41) is 12.7. The second kappa shape index (κ2) is 6.67. The third-order valence-corrected chi connectivity index (χ3v) is 4.67. The lowest BCUT2D eigenvalue weighted by Crippen LogP contribution is -2.44. The summed E-state index contributed by atoms with van der Waals surface area (Å²) in [6.45, 7) is 0.0999. The zero-order valence-corrected chi connectivity index (χ0v) is 13.0. The van der Waals surface area contributed by atoms with Crippen molar-refractivity contribution in [3.63, 3.8) is 0 Å². The van der Waals surface area contributed by atoms with Gasteiger partial charge < -0.3 is 10.4 Å². The van der Waals surface area contributed by atoms with Gasteiger partial charge in [-0.15, -0.1) is 0 Å². The first-order chi connectivity index (χ1) is 9.96. The van der Waals surface area contributed by atoms with Crippen LogP contribution in [0.15, 0.2) is 18.2 Å². The van der Waals surface area contributed by atoms with Gasteiger partial charge in [0.15, 0.2) is 0 Å². The highest BCUT2D eigenvalue weighted by Crippen LogP contribution is 2.36. The van der Waals surface area contributed by atoms with Crippen molar-refractivity contribution in [2.75, 3.05) is 6.54 Å². The highest BCUT2D eigenvalue weighted by atomic mass is 35.5. The Balaban J connectivity index is 2.11. The maximum atomic E-state index is 12.2. The predicted octanol–water partition coefficient (Wildman–Crippen LogP) is 3.76. The largest absolute Gasteiger partial charge is 0.481 e. The molecule has 1 aliphatic carbocycles. The molecular weight excluding hydrogens is 313 g/mol. The lowest BCUT2D eigenvalue weighted by Gasteiger charge is -2.33. The van der Waals surface area contributed by atoms with Crippen LogP contribution < -0.4 is 5.32 Å². The van der Waals surface area contributed by atoms with Crippen LogP contribution in [0.3, 0.4) is 0 Å². The molecule has 0 spiro atoms. The number of hydrogen-bond donors (Lipinski definition) is 2. The Morgan fingerprint density at radius 3 is 2.24 bits per heavy atom. The van der Waals surface area contributed by atoms with Gasteiger partial charge in [0.2, 0.25) is 0 Å². The number of carbonyl (C=O) groups is 2. The van der Waals surface area contributed by atoms with E-state index < -0.39 is 17.3 Å². The molecule has 0 aromatic heterocycles. The SMILES string of the molecule is O=C(NCC1(C(=O)O)CCCCC1)c1c(Cl)cccc1Cl. The number of nitrogens with one attached hydrogen (secondary N) is 1. The maximum Gasteiger partial charge on any atom is 0.311 e. The highest BCUT2D eigenvalue weighted by molar-refractivity contribution is 6.39. The van der Waals surface area contributed by atoms with Crippen LogP contribution in [0.2, 0.25) is 10.0 Å². The van der Waals surface area contributed by atoms with Crippen molar-refractivity contribution in [1.82, 2.24) is 5.32 Å². The molecule has 1 amide bonds. The number of halogens is 2. The van der Waals surface area contributed by atoms with E-state index in [1.165, 1.54) is 0 Å². The minimum absolute atomic E-state index is 0.0999. The summed E-state index contributed by atoms with van der Waals surface area (Å²) in [5.74, 6) is -1.29. The fourth-order valence-corrected chi connectivity index (χ4v) is 3.32. The quantitative estimate of drug-likeness (QED) is 0.883. The van der Waals surface area contributed by atoms with E-state index in [0.717, 1.165) is 19.3 Å². The number of aliphatic carboxylic acids is 1. The van der Waals surface area contributed by atoms with Gasteiger partial charge in [-0.2, -0.15) is 0 Å². The molecule has 114 valence electrons. The summed E-state index contributed by atoms with van der Waals surface area (Å²) in [5.41, 5.74) is -0.682. The summed E-state index contributed by atoms with van der Waals surface area (Å²) in [7, 11) is 0. The monoisotopic (exact) mass is 329 g/mol. The Hall–Kier alpha value is -1.26. The average Bonchev–Trinajstić information content (AvgIpc) is 2.46. The predicted molar refractivity (Wildman–Crippen MR) is 81.9 cm³/mol. The number of carboxylic acids is 1. The van der Waals surface area contributed by atoms with Crippen molar-refractivity contribution in [1.29, 1.82) is 0 Å². The van der Waals surface area contributed by atoms with Crippen LogP contribution >= 0.6 is 23.2 Å². The number of rotatable bonds is 4. The Morgan fingerprint density at radius 2 is 1.71 bits per heavy atom. The first-order valence-corrected chi connectivity index (χ1v) is 7.67. The van der Waals surface area contributed by atoms with Crippen molar-refractivity contribution in [3.05, 3.63) is 33.8 Å². The van der Waals surface area contributed by atoms with Gasteiger partial charge >= 0.3 is 5.97 Å². The van der Waals surface area contributed by atoms with E-state index in [4.69, 9.17) is 23.2 Å². The molecule has 2 rings (SSSR count). The molecule has 0 bridgehead atoms. The van der Waals surface area contributed by atoms with E-state index in [-0.39, 0.29) is 22.2 Å². The molecule has 0 aliphatic heterocycles. The van der Waals surface area contributed by atoms with Gasteiger partial charge in [-0.3, -0.25) is 9.59 Å². The molecule has 0 heterocycles. The third kappa shape index (κ3) is 3.50. The second-order valence-electron chi connectivity index (χ2n) is 5.43. The molecule has 2 N–H and O–H groups in total. The average molecular weight is 330 g/mol. The van der Waals surface area contributed by atoms with Crippen molar-refractivity contribution >= 4 is 35.1 Å². The zero-order valence-electron chi connectivity index (χ0n) is 11.5. The van der Waals surface area contributed by atoms with E-state index in [1.807, 2.05) is 0 Å². The Kier molecular flexibility index (Phi) is 5.12. The van der Waals surface area contributed by atoms with E-state index in [2.05, 4.69) is 5.32 Å². The van der Waals surface area contributed by atoms with Crippen LogP contribution in [-0.2, 0) is 4.79 Å². The second-order valence-corrected chi connectivity index (χ2v) is 6.24. The molecular formula is C15H17Cl2NO3. The molecule has 1 aromatic rings. The lowest BCUT2D eigenvalue weighted by atomic mass is 9.74. The summed E-state index contributed by atoms with van der Waals surface area (Å²) in [6.07, 6.45) is 3.95. The summed E-state index contributed by atoms with van der Waals surface area (Å²) in [4.78, 5) is 23.8. The number of hydrogen-bond acceptors (Lipinski definition) is 2. The molecule has 1 aromatic carbocycles. The molecule has 21 heavy (non-hydrogen) atoms. The summed E-state index contributed by atoms with van der Waals surface area (Å²) < 4.78 is 0. The smallest absolute Gasteiger partial charge is 0.311 e. The van der Waals surface area contributed by atoms with Crippen LogP contribution in [-0.4, -0.2) is 23.5 Å². The van der Waals surface area contributed by atoms with Gasteiger partial charge in [-0.25, -0.2) is 0 Å². The van der Waals surface area contributed by atoms with E-state index in [0.29, 0.717) is 12.8 Å². The zero-order chi connectivity index (χ0) is 15.5. The van der Waals surface area contributed by atoms with Gasteiger partial charge in [0, 0.05) is 6.54 Å². The fraction of sp³-hybridized carbons (Fsp3) is 0.467. The topological polar surface area (TPSA) is 66.4 Å². The van der Waals surface area contributed by atoms with Crippen molar-refractivity contribution in [2.24, 2.45) is 5.41 Å². The van der Waals surface area contributed by atoms with Crippen molar-refractivity contribution in [2.45, 2.75) is 32.1 Å². The molecule has 1 aliphatic rings. The minimum Gasteiger partial charge on any atom is -0.481 e. The summed E-state index contributed by atoms with van der Waals surface area (Å²) >= 11 is 12.0. The van der Waals surface area contributed by atoms with Crippen molar-refractivity contribution < 1.29 is 14.7 Å².